The van der Waals surface area contributed by atoms with E-state index in [2.05, 4.69) is 47.9 Å². The summed E-state index contributed by atoms with van der Waals surface area (Å²) in [5.74, 6) is 0. The Hall–Kier alpha value is -1.06. The van der Waals surface area contributed by atoms with Crippen LogP contribution >= 0.6 is 0 Å². The van der Waals surface area contributed by atoms with Crippen molar-refractivity contribution in [3.8, 4) is 0 Å². The molecule has 0 aliphatic carbocycles. The van der Waals surface area contributed by atoms with Crippen molar-refractivity contribution >= 4 is 5.69 Å². The summed E-state index contributed by atoms with van der Waals surface area (Å²) >= 11 is 0. The molecule has 0 spiro atoms. The lowest BCUT2D eigenvalue weighted by molar-refractivity contribution is 0.115. The minimum absolute atomic E-state index is 0.151. The summed E-state index contributed by atoms with van der Waals surface area (Å²) in [5.41, 5.74) is 9.02. The average molecular weight is 287 g/mol. The minimum Gasteiger partial charge on any atom is -0.366 e. The maximum Gasteiger partial charge on any atom is 0.0418 e. The van der Waals surface area contributed by atoms with Crippen LogP contribution in [-0.4, -0.2) is 36.6 Å². The van der Waals surface area contributed by atoms with E-state index in [0.29, 0.717) is 6.04 Å². The molecule has 116 valence electrons. The molecule has 3 atom stereocenters. The Labute approximate surface area is 129 Å². The molecule has 0 saturated carbocycles. The third-order valence-electron chi connectivity index (χ3n) is 5.27. The zero-order chi connectivity index (χ0) is 14.8. The molecule has 0 aromatic heterocycles. The van der Waals surface area contributed by atoms with Crippen molar-refractivity contribution in [3.63, 3.8) is 0 Å². The van der Waals surface area contributed by atoms with Gasteiger partial charge in [0.15, 0.2) is 0 Å². The van der Waals surface area contributed by atoms with E-state index in [1.165, 1.54) is 43.6 Å². The first-order valence-corrected chi connectivity index (χ1v) is 8.56. The highest BCUT2D eigenvalue weighted by molar-refractivity contribution is 5.56. The maximum absolute atomic E-state index is 6.34. The van der Waals surface area contributed by atoms with E-state index in [1.807, 2.05) is 0 Å². The van der Waals surface area contributed by atoms with Gasteiger partial charge in [-0.1, -0.05) is 31.5 Å². The second-order valence-corrected chi connectivity index (χ2v) is 6.72. The topological polar surface area (TPSA) is 32.5 Å². The molecule has 21 heavy (non-hydrogen) atoms. The second kappa shape index (κ2) is 6.37. The molecule has 2 N–H and O–H groups in total. The number of rotatable bonds is 3. The zero-order valence-electron chi connectivity index (χ0n) is 13.5. The molecule has 1 aromatic rings. The lowest BCUT2D eigenvalue weighted by atomic mass is 9.95. The fraction of sp³-hybridized carbons (Fsp3) is 0.667. The van der Waals surface area contributed by atoms with E-state index in [0.717, 1.165) is 19.0 Å². The number of hydrogen-bond donors (Lipinski definition) is 1. The predicted octanol–water partition coefficient (Wildman–Crippen LogP) is 3.16. The molecule has 2 unspecified atom stereocenters. The minimum atomic E-state index is 0.151. The molecule has 2 aliphatic rings. The van der Waals surface area contributed by atoms with Gasteiger partial charge in [-0.3, -0.25) is 4.90 Å². The van der Waals surface area contributed by atoms with Gasteiger partial charge in [0.25, 0.3) is 0 Å². The van der Waals surface area contributed by atoms with Gasteiger partial charge in [-0.15, -0.1) is 0 Å². The van der Waals surface area contributed by atoms with E-state index in [9.17, 15) is 0 Å². The highest BCUT2D eigenvalue weighted by atomic mass is 15.3. The van der Waals surface area contributed by atoms with E-state index in [4.69, 9.17) is 5.73 Å². The van der Waals surface area contributed by atoms with Gasteiger partial charge in [-0.2, -0.15) is 0 Å². The Morgan fingerprint density at radius 3 is 2.86 bits per heavy atom. The number of para-hydroxylation sites is 1. The van der Waals surface area contributed by atoms with Crippen LogP contribution < -0.4 is 10.6 Å². The van der Waals surface area contributed by atoms with Crippen molar-refractivity contribution in [2.75, 3.05) is 24.5 Å². The first-order chi connectivity index (χ1) is 10.2. The quantitative estimate of drug-likeness (QED) is 0.927. The predicted molar refractivity (Wildman–Crippen MR) is 89.7 cm³/mol. The van der Waals surface area contributed by atoms with E-state index in [1.54, 1.807) is 0 Å². The van der Waals surface area contributed by atoms with Gasteiger partial charge >= 0.3 is 0 Å². The van der Waals surface area contributed by atoms with Crippen LogP contribution in [0.5, 0.6) is 0 Å². The van der Waals surface area contributed by atoms with Crippen LogP contribution in [0.1, 0.15) is 51.1 Å². The third kappa shape index (κ3) is 2.95. The Balaban J connectivity index is 1.86. The third-order valence-corrected chi connectivity index (χ3v) is 5.27. The van der Waals surface area contributed by atoms with Crippen molar-refractivity contribution in [3.05, 3.63) is 29.8 Å². The van der Waals surface area contributed by atoms with Crippen LogP contribution in [0.25, 0.3) is 0 Å². The maximum atomic E-state index is 6.34. The van der Waals surface area contributed by atoms with Crippen LogP contribution in [0.3, 0.4) is 0 Å². The summed E-state index contributed by atoms with van der Waals surface area (Å²) in [5, 5.41) is 0. The monoisotopic (exact) mass is 287 g/mol. The molecule has 3 heteroatoms. The number of fused-ring (bicyclic) bond motifs is 1. The Morgan fingerprint density at radius 1 is 1.24 bits per heavy atom. The molecule has 3 rings (SSSR count). The van der Waals surface area contributed by atoms with Crippen molar-refractivity contribution in [1.29, 1.82) is 0 Å². The van der Waals surface area contributed by atoms with Crippen molar-refractivity contribution in [2.24, 2.45) is 5.73 Å². The van der Waals surface area contributed by atoms with Gasteiger partial charge in [0.2, 0.25) is 0 Å². The SMILES string of the molecule is CC[C@@H](N)c1ccccc1N1CC2CCCCN2CC1C. The molecule has 2 fully saturated rings. The Kier molecular flexibility index (Phi) is 4.51. The highest BCUT2D eigenvalue weighted by Crippen LogP contribution is 2.32. The van der Waals surface area contributed by atoms with Crippen LogP contribution in [0.2, 0.25) is 0 Å². The molecular weight excluding hydrogens is 258 g/mol. The van der Waals surface area contributed by atoms with E-state index >= 15 is 0 Å². The summed E-state index contributed by atoms with van der Waals surface area (Å²) in [7, 11) is 0. The van der Waals surface area contributed by atoms with Crippen LogP contribution in [0, 0.1) is 0 Å². The number of anilines is 1. The molecule has 0 bridgehead atoms. The molecule has 2 aliphatic heterocycles. The number of benzene rings is 1. The van der Waals surface area contributed by atoms with Crippen molar-refractivity contribution < 1.29 is 0 Å². The van der Waals surface area contributed by atoms with Crippen LogP contribution in [0.4, 0.5) is 5.69 Å². The first kappa shape index (κ1) is 14.9. The lowest BCUT2D eigenvalue weighted by Crippen LogP contribution is -2.59. The second-order valence-electron chi connectivity index (χ2n) is 6.72. The van der Waals surface area contributed by atoms with Crippen LogP contribution in [0.15, 0.2) is 24.3 Å². The smallest absolute Gasteiger partial charge is 0.0418 e. The Morgan fingerprint density at radius 2 is 2.05 bits per heavy atom. The lowest BCUT2D eigenvalue weighted by Gasteiger charge is -2.49. The first-order valence-electron chi connectivity index (χ1n) is 8.56. The summed E-state index contributed by atoms with van der Waals surface area (Å²) < 4.78 is 0. The van der Waals surface area contributed by atoms with Crippen LogP contribution in [-0.2, 0) is 0 Å². The summed E-state index contributed by atoms with van der Waals surface area (Å²) in [6.07, 6.45) is 5.11. The normalized spacial score (nSPS) is 28.2. The molecule has 2 heterocycles. The zero-order valence-corrected chi connectivity index (χ0v) is 13.5. The number of piperidine rings is 1. The summed E-state index contributed by atoms with van der Waals surface area (Å²) in [6.45, 7) is 8.18. The molecule has 1 aromatic carbocycles. The van der Waals surface area contributed by atoms with Gasteiger partial charge in [0, 0.05) is 36.9 Å². The molecule has 2 saturated heterocycles. The number of hydrogen-bond acceptors (Lipinski definition) is 3. The van der Waals surface area contributed by atoms with Gasteiger partial charge < -0.3 is 10.6 Å². The van der Waals surface area contributed by atoms with E-state index < -0.39 is 0 Å². The van der Waals surface area contributed by atoms with Crippen molar-refractivity contribution in [1.82, 2.24) is 4.90 Å². The number of piperazine rings is 1. The van der Waals surface area contributed by atoms with Gasteiger partial charge in [-0.05, 0) is 44.4 Å². The van der Waals surface area contributed by atoms with Gasteiger partial charge in [-0.25, -0.2) is 0 Å². The number of nitrogens with zero attached hydrogens (tertiary/aromatic N) is 2. The van der Waals surface area contributed by atoms with E-state index in [-0.39, 0.29) is 6.04 Å². The molecule has 0 radical (unpaired) electrons. The molecule has 3 nitrogen and oxygen atoms in total. The Bertz CT molecular complexity index is 473. The van der Waals surface area contributed by atoms with Gasteiger partial charge in [0.05, 0.1) is 0 Å². The summed E-state index contributed by atoms with van der Waals surface area (Å²) in [6, 6.07) is 10.2. The molecule has 0 amide bonds. The van der Waals surface area contributed by atoms with Crippen molar-refractivity contribution in [2.45, 2.75) is 57.7 Å². The highest BCUT2D eigenvalue weighted by Gasteiger charge is 2.33. The average Bonchev–Trinajstić information content (AvgIpc) is 2.53. The fourth-order valence-electron chi connectivity index (χ4n) is 3.97. The number of nitrogens with two attached hydrogens (primary N) is 1. The molecular formula is C18H29N3. The fourth-order valence-corrected chi connectivity index (χ4v) is 3.97. The van der Waals surface area contributed by atoms with Gasteiger partial charge in [0.1, 0.15) is 0 Å². The summed E-state index contributed by atoms with van der Waals surface area (Å²) in [4.78, 5) is 5.31. The standard InChI is InChI=1S/C18H29N3/c1-3-17(19)16-9-4-5-10-18(16)21-13-15-8-6-7-11-20(15)12-14(21)2/h4-5,9-10,14-15,17H,3,6-8,11-13,19H2,1-2H3/t14?,15?,17-/m1/s1. The largest absolute Gasteiger partial charge is 0.366 e.